The molecule has 2 bridgehead atoms. The number of hydrogen-bond acceptors (Lipinski definition) is 6. The lowest BCUT2D eigenvalue weighted by Gasteiger charge is -2.44. The van der Waals surface area contributed by atoms with Crippen molar-refractivity contribution >= 4 is 28.9 Å². The number of benzene rings is 2. The standard InChI is InChI=1S/C32H31N5O4/c1-2-41-26-11-9-25(10-12-26)34-31(39)22-8-13-29(27(16-22)35-32(40)23-5-4-14-33-17-23)36-18-21-15-24(20-36)28-6-3-7-30(38)37(28)19-21/h3-14,16-17,21,24H,2,15,18-20H2,1H3,(H,34,39)(H,35,40)/t21-,24+/m1/s1. The van der Waals surface area contributed by atoms with E-state index in [0.29, 0.717) is 48.1 Å². The van der Waals surface area contributed by atoms with Gasteiger partial charge in [0.05, 0.1) is 23.5 Å². The van der Waals surface area contributed by atoms with E-state index >= 15 is 0 Å². The fourth-order valence-electron chi connectivity index (χ4n) is 5.84. The predicted molar refractivity (Wildman–Crippen MR) is 158 cm³/mol. The average Bonchev–Trinajstić information content (AvgIpc) is 2.99. The van der Waals surface area contributed by atoms with Crippen LogP contribution in [-0.2, 0) is 6.54 Å². The van der Waals surface area contributed by atoms with E-state index in [1.165, 1.54) is 6.20 Å². The molecule has 4 heterocycles. The first kappa shape index (κ1) is 26.3. The number of carbonyl (C=O) groups is 2. The van der Waals surface area contributed by atoms with Gasteiger partial charge in [0.2, 0.25) is 0 Å². The summed E-state index contributed by atoms with van der Waals surface area (Å²) in [6.45, 7) is 4.59. The number of nitrogens with zero attached hydrogens (tertiary/aromatic N) is 3. The van der Waals surface area contributed by atoms with E-state index in [1.54, 1.807) is 60.8 Å². The van der Waals surface area contributed by atoms with Crippen LogP contribution in [0.25, 0.3) is 0 Å². The maximum atomic E-state index is 13.2. The molecular formula is C32H31N5O4. The summed E-state index contributed by atoms with van der Waals surface area (Å²) in [5.74, 6) is 0.625. The van der Waals surface area contributed by atoms with Gasteiger partial charge in [-0.3, -0.25) is 19.4 Å². The third-order valence-electron chi connectivity index (χ3n) is 7.67. The lowest BCUT2D eigenvalue weighted by atomic mass is 9.83. The van der Waals surface area contributed by atoms with Gasteiger partial charge in [-0.05, 0) is 79.9 Å². The average molecular weight is 550 g/mol. The lowest BCUT2D eigenvalue weighted by molar-refractivity contribution is 0.101. The highest BCUT2D eigenvalue weighted by molar-refractivity contribution is 6.09. The molecule has 2 aliphatic heterocycles. The Labute approximate surface area is 237 Å². The van der Waals surface area contributed by atoms with E-state index in [4.69, 9.17) is 4.74 Å². The van der Waals surface area contributed by atoms with Crippen molar-refractivity contribution in [2.45, 2.75) is 25.8 Å². The first-order valence-electron chi connectivity index (χ1n) is 13.8. The van der Waals surface area contributed by atoms with Crippen LogP contribution in [0.4, 0.5) is 17.1 Å². The van der Waals surface area contributed by atoms with E-state index < -0.39 is 0 Å². The molecule has 2 N–H and O–H groups in total. The lowest BCUT2D eigenvalue weighted by Crippen LogP contribution is -2.47. The molecule has 2 aromatic heterocycles. The van der Waals surface area contributed by atoms with Crippen molar-refractivity contribution in [2.75, 3.05) is 35.2 Å². The third-order valence-corrected chi connectivity index (χ3v) is 7.67. The molecule has 2 aromatic carbocycles. The second-order valence-corrected chi connectivity index (χ2v) is 10.4. The van der Waals surface area contributed by atoms with Crippen molar-refractivity contribution in [1.29, 1.82) is 0 Å². The minimum Gasteiger partial charge on any atom is -0.494 e. The molecule has 0 radical (unpaired) electrons. The number of amides is 2. The molecule has 9 nitrogen and oxygen atoms in total. The molecule has 6 rings (SSSR count). The smallest absolute Gasteiger partial charge is 0.257 e. The molecule has 0 saturated carbocycles. The van der Waals surface area contributed by atoms with Gasteiger partial charge in [0.1, 0.15) is 5.75 Å². The van der Waals surface area contributed by atoms with Gasteiger partial charge in [0, 0.05) is 61.0 Å². The number of fused-ring (bicyclic) bond motifs is 4. The summed E-state index contributed by atoms with van der Waals surface area (Å²) in [5.41, 5.74) is 3.94. The number of rotatable bonds is 7. The van der Waals surface area contributed by atoms with Crippen molar-refractivity contribution in [3.05, 3.63) is 112 Å². The summed E-state index contributed by atoms with van der Waals surface area (Å²) in [7, 11) is 0. The second kappa shape index (κ2) is 11.3. The highest BCUT2D eigenvalue weighted by Crippen LogP contribution is 2.39. The third kappa shape index (κ3) is 5.56. The minimum atomic E-state index is -0.308. The van der Waals surface area contributed by atoms with Crippen LogP contribution in [0.5, 0.6) is 5.75 Å². The molecule has 2 amide bonds. The van der Waals surface area contributed by atoms with Crippen LogP contribution >= 0.6 is 0 Å². The Morgan fingerprint density at radius 3 is 2.54 bits per heavy atom. The van der Waals surface area contributed by atoms with Gasteiger partial charge in [-0.1, -0.05) is 6.07 Å². The molecule has 208 valence electrons. The maximum Gasteiger partial charge on any atom is 0.257 e. The number of pyridine rings is 2. The van der Waals surface area contributed by atoms with E-state index in [-0.39, 0.29) is 23.3 Å². The minimum absolute atomic E-state index is 0.0398. The van der Waals surface area contributed by atoms with Crippen LogP contribution in [0.2, 0.25) is 0 Å². The van der Waals surface area contributed by atoms with Crippen molar-refractivity contribution in [1.82, 2.24) is 9.55 Å². The summed E-state index contributed by atoms with van der Waals surface area (Å²) >= 11 is 0. The molecule has 0 spiro atoms. The van der Waals surface area contributed by atoms with Crippen LogP contribution in [0, 0.1) is 5.92 Å². The zero-order valence-electron chi connectivity index (χ0n) is 22.7. The molecular weight excluding hydrogens is 518 g/mol. The number of anilines is 3. The molecule has 1 saturated heterocycles. The second-order valence-electron chi connectivity index (χ2n) is 10.4. The summed E-state index contributed by atoms with van der Waals surface area (Å²) < 4.78 is 7.38. The fourth-order valence-corrected chi connectivity index (χ4v) is 5.84. The number of piperidine rings is 1. The topological polar surface area (TPSA) is 106 Å². The number of carbonyl (C=O) groups excluding carboxylic acids is 2. The van der Waals surface area contributed by atoms with E-state index in [9.17, 15) is 14.4 Å². The monoisotopic (exact) mass is 549 g/mol. The van der Waals surface area contributed by atoms with Crippen molar-refractivity contribution < 1.29 is 14.3 Å². The largest absolute Gasteiger partial charge is 0.494 e. The van der Waals surface area contributed by atoms with Crippen LogP contribution in [0.3, 0.4) is 0 Å². The highest BCUT2D eigenvalue weighted by atomic mass is 16.5. The first-order valence-corrected chi connectivity index (χ1v) is 13.8. The quantitative estimate of drug-likeness (QED) is 0.344. The molecule has 0 unspecified atom stereocenters. The molecule has 0 aliphatic carbocycles. The van der Waals surface area contributed by atoms with Gasteiger partial charge < -0.3 is 24.8 Å². The Hall–Kier alpha value is -4.92. The van der Waals surface area contributed by atoms with E-state index in [1.807, 2.05) is 29.7 Å². The number of ether oxygens (including phenoxy) is 1. The Kier molecular flexibility index (Phi) is 7.24. The van der Waals surface area contributed by atoms with Crippen molar-refractivity contribution in [2.24, 2.45) is 5.92 Å². The van der Waals surface area contributed by atoms with Crippen LogP contribution < -0.4 is 25.8 Å². The summed E-state index contributed by atoms with van der Waals surface area (Å²) in [5, 5.41) is 5.95. The SMILES string of the molecule is CCOc1ccc(NC(=O)c2ccc(N3C[C@H]4C[C@@H](C3)c3cccc(=O)n3C4)c(NC(=O)c3cccnc3)c2)cc1. The first-order chi connectivity index (χ1) is 20.0. The predicted octanol–water partition coefficient (Wildman–Crippen LogP) is 4.77. The molecule has 9 heteroatoms. The number of nitrogens with one attached hydrogen (secondary N) is 2. The highest BCUT2D eigenvalue weighted by Gasteiger charge is 2.35. The van der Waals surface area contributed by atoms with Gasteiger partial charge >= 0.3 is 0 Å². The molecule has 2 atom stereocenters. The Balaban J connectivity index is 1.29. The molecule has 4 aromatic rings. The van der Waals surface area contributed by atoms with Crippen molar-refractivity contribution in [3.8, 4) is 5.75 Å². The summed E-state index contributed by atoms with van der Waals surface area (Å²) in [6, 6.07) is 21.5. The maximum absolute atomic E-state index is 13.2. The zero-order valence-corrected chi connectivity index (χ0v) is 22.7. The number of hydrogen-bond donors (Lipinski definition) is 2. The zero-order chi connectivity index (χ0) is 28.3. The van der Waals surface area contributed by atoms with Crippen LogP contribution in [-0.4, -0.2) is 41.1 Å². The van der Waals surface area contributed by atoms with Gasteiger partial charge in [-0.25, -0.2) is 0 Å². The van der Waals surface area contributed by atoms with Crippen LogP contribution in [0.1, 0.15) is 45.7 Å². The Bertz CT molecular complexity index is 1630. The molecule has 41 heavy (non-hydrogen) atoms. The van der Waals surface area contributed by atoms with Crippen molar-refractivity contribution in [3.63, 3.8) is 0 Å². The molecule has 1 fully saturated rings. The van der Waals surface area contributed by atoms with E-state index in [0.717, 1.165) is 30.1 Å². The van der Waals surface area contributed by atoms with Crippen LogP contribution in [0.15, 0.2) is 90.0 Å². The molecule has 2 aliphatic rings. The normalized spacial score (nSPS) is 17.3. The fraction of sp³-hybridized carbons (Fsp3) is 0.250. The van der Waals surface area contributed by atoms with Gasteiger partial charge in [0.25, 0.3) is 17.4 Å². The Morgan fingerprint density at radius 1 is 0.927 bits per heavy atom. The van der Waals surface area contributed by atoms with Gasteiger partial charge in [0.15, 0.2) is 0 Å². The van der Waals surface area contributed by atoms with Gasteiger partial charge in [-0.2, -0.15) is 0 Å². The summed E-state index contributed by atoms with van der Waals surface area (Å²) in [4.78, 5) is 45.2. The summed E-state index contributed by atoms with van der Waals surface area (Å²) in [6.07, 6.45) is 4.14. The van der Waals surface area contributed by atoms with E-state index in [2.05, 4.69) is 20.5 Å². The number of aromatic nitrogens is 2. The van der Waals surface area contributed by atoms with Gasteiger partial charge in [-0.15, -0.1) is 0 Å². The Morgan fingerprint density at radius 2 is 1.76 bits per heavy atom.